The Balaban J connectivity index is 2.77. The molecule has 1 aromatic carbocycles. The van der Waals surface area contributed by atoms with Gasteiger partial charge in [0.15, 0.2) is 0 Å². The molecule has 0 atom stereocenters. The molecular formula is C11H9F3N2O2. The topological polar surface area (TPSA) is 55.1 Å². The third kappa shape index (κ3) is 2.03. The Morgan fingerprint density at radius 2 is 2.11 bits per heavy atom. The number of carboxylic acids is 1. The van der Waals surface area contributed by atoms with Gasteiger partial charge in [0, 0.05) is 12.4 Å². The Bertz CT molecular complexity index is 617. The number of carboxylic acid groups (broad SMARTS) is 1. The van der Waals surface area contributed by atoms with Gasteiger partial charge in [0.2, 0.25) is 0 Å². The first kappa shape index (κ1) is 12.4. The summed E-state index contributed by atoms with van der Waals surface area (Å²) in [7, 11) is 1.19. The first-order chi connectivity index (χ1) is 8.30. The molecule has 0 radical (unpaired) electrons. The first-order valence-electron chi connectivity index (χ1n) is 5.04. The molecule has 0 amide bonds. The summed E-state index contributed by atoms with van der Waals surface area (Å²) in [6, 6.07) is 4.29. The molecule has 1 N–H and O–H groups in total. The number of nitrogens with zero attached hydrogens (tertiary/aromatic N) is 2. The van der Waals surface area contributed by atoms with E-state index in [1.807, 2.05) is 0 Å². The summed E-state index contributed by atoms with van der Waals surface area (Å²) in [5, 5.41) is 12.3. The molecule has 2 aromatic rings. The van der Waals surface area contributed by atoms with Gasteiger partial charge in [-0.2, -0.15) is 18.3 Å². The number of rotatable bonds is 2. The molecule has 0 aliphatic rings. The number of hydrogen-bond acceptors (Lipinski definition) is 2. The zero-order valence-electron chi connectivity index (χ0n) is 9.32. The number of alkyl halides is 3. The van der Waals surface area contributed by atoms with Crippen molar-refractivity contribution < 1.29 is 23.1 Å². The standard InChI is InChI=1S/C11H9F3N2O2/c1-16-10(11(12,13)14)9-6(5-8(17)18)3-2-4-7(9)15-16/h2-4H,5H2,1H3,(H,17,18). The van der Waals surface area contributed by atoms with E-state index in [0.717, 1.165) is 4.68 Å². The van der Waals surface area contributed by atoms with Crippen molar-refractivity contribution in [1.82, 2.24) is 9.78 Å². The molecule has 2 rings (SSSR count). The minimum atomic E-state index is -4.57. The molecule has 7 heteroatoms. The average molecular weight is 258 g/mol. The lowest BCUT2D eigenvalue weighted by molar-refractivity contribution is -0.142. The van der Waals surface area contributed by atoms with E-state index in [2.05, 4.69) is 5.10 Å². The summed E-state index contributed by atoms with van der Waals surface area (Å²) in [6.45, 7) is 0. The van der Waals surface area contributed by atoms with Gasteiger partial charge >= 0.3 is 12.1 Å². The monoisotopic (exact) mass is 258 g/mol. The zero-order chi connectivity index (χ0) is 13.5. The van der Waals surface area contributed by atoms with Crippen molar-refractivity contribution in [3.8, 4) is 0 Å². The second kappa shape index (κ2) is 4.01. The summed E-state index contributed by atoms with van der Waals surface area (Å²) in [5.41, 5.74) is -0.668. The van der Waals surface area contributed by atoms with Gasteiger partial charge in [-0.25, -0.2) is 0 Å². The second-order valence-electron chi connectivity index (χ2n) is 3.85. The molecule has 0 unspecified atom stereocenters. The van der Waals surface area contributed by atoms with Crippen LogP contribution in [0.1, 0.15) is 11.3 Å². The fraction of sp³-hybridized carbons (Fsp3) is 0.273. The second-order valence-corrected chi connectivity index (χ2v) is 3.85. The normalized spacial score (nSPS) is 12.0. The van der Waals surface area contributed by atoms with E-state index >= 15 is 0 Å². The minimum Gasteiger partial charge on any atom is -0.481 e. The Morgan fingerprint density at radius 3 is 2.67 bits per heavy atom. The summed E-state index contributed by atoms with van der Waals surface area (Å²) in [6.07, 6.45) is -5.04. The van der Waals surface area contributed by atoms with Crippen LogP contribution in [0.5, 0.6) is 0 Å². The Morgan fingerprint density at radius 1 is 1.44 bits per heavy atom. The van der Waals surface area contributed by atoms with Gasteiger partial charge in [-0.15, -0.1) is 0 Å². The van der Waals surface area contributed by atoms with E-state index in [1.54, 1.807) is 0 Å². The molecule has 0 saturated carbocycles. The summed E-state index contributed by atoms with van der Waals surface area (Å²) < 4.78 is 39.5. The van der Waals surface area contributed by atoms with E-state index in [4.69, 9.17) is 5.11 Å². The largest absolute Gasteiger partial charge is 0.481 e. The molecule has 1 aromatic heterocycles. The molecule has 0 aliphatic carbocycles. The predicted molar refractivity (Wildman–Crippen MR) is 57.1 cm³/mol. The number of carbonyl (C=O) groups is 1. The number of benzene rings is 1. The molecule has 0 aliphatic heterocycles. The maximum atomic E-state index is 12.9. The first-order valence-corrected chi connectivity index (χ1v) is 5.04. The van der Waals surface area contributed by atoms with Crippen LogP contribution < -0.4 is 0 Å². The van der Waals surface area contributed by atoms with E-state index in [0.29, 0.717) is 0 Å². The van der Waals surface area contributed by atoms with Crippen LogP contribution in [0.3, 0.4) is 0 Å². The van der Waals surface area contributed by atoms with Crippen LogP contribution in [-0.4, -0.2) is 20.9 Å². The number of aliphatic carboxylic acids is 1. The summed E-state index contributed by atoms with van der Waals surface area (Å²) in [4.78, 5) is 10.7. The van der Waals surface area contributed by atoms with Gasteiger partial charge in [0.05, 0.1) is 11.9 Å². The van der Waals surface area contributed by atoms with Crippen LogP contribution in [0, 0.1) is 0 Å². The highest BCUT2D eigenvalue weighted by molar-refractivity contribution is 5.88. The maximum Gasteiger partial charge on any atom is 0.433 e. The molecule has 0 bridgehead atoms. The van der Waals surface area contributed by atoms with Gasteiger partial charge in [-0.05, 0) is 11.6 Å². The van der Waals surface area contributed by atoms with Crippen molar-refractivity contribution in [2.45, 2.75) is 12.6 Å². The molecule has 18 heavy (non-hydrogen) atoms. The lowest BCUT2D eigenvalue weighted by atomic mass is 10.0. The average Bonchev–Trinajstić information content (AvgIpc) is 2.53. The van der Waals surface area contributed by atoms with Gasteiger partial charge in [-0.1, -0.05) is 12.1 Å². The van der Waals surface area contributed by atoms with Crippen LogP contribution in [0.15, 0.2) is 18.2 Å². The highest BCUT2D eigenvalue weighted by Crippen LogP contribution is 2.36. The third-order valence-electron chi connectivity index (χ3n) is 2.56. The van der Waals surface area contributed by atoms with Gasteiger partial charge in [0.1, 0.15) is 5.69 Å². The molecule has 96 valence electrons. The van der Waals surface area contributed by atoms with Crippen LogP contribution in [0.25, 0.3) is 10.9 Å². The Hall–Kier alpha value is -2.05. The van der Waals surface area contributed by atoms with E-state index in [9.17, 15) is 18.0 Å². The lowest BCUT2D eigenvalue weighted by Gasteiger charge is -2.08. The number of hydrogen-bond donors (Lipinski definition) is 1. The van der Waals surface area contributed by atoms with Crippen molar-refractivity contribution in [1.29, 1.82) is 0 Å². The van der Waals surface area contributed by atoms with Crippen molar-refractivity contribution >= 4 is 16.9 Å². The van der Waals surface area contributed by atoms with E-state index in [1.165, 1.54) is 25.2 Å². The van der Waals surface area contributed by atoms with Crippen LogP contribution in [0.2, 0.25) is 0 Å². The number of aromatic nitrogens is 2. The Labute approximate surface area is 99.6 Å². The third-order valence-corrected chi connectivity index (χ3v) is 2.56. The SMILES string of the molecule is Cn1nc2cccc(CC(=O)O)c2c1C(F)(F)F. The zero-order valence-corrected chi connectivity index (χ0v) is 9.32. The smallest absolute Gasteiger partial charge is 0.433 e. The highest BCUT2D eigenvalue weighted by atomic mass is 19.4. The minimum absolute atomic E-state index is 0.112. The van der Waals surface area contributed by atoms with Crippen molar-refractivity contribution in [2.24, 2.45) is 7.05 Å². The maximum absolute atomic E-state index is 12.9. The van der Waals surface area contributed by atoms with Gasteiger partial charge in [0.25, 0.3) is 0 Å². The van der Waals surface area contributed by atoms with Crippen molar-refractivity contribution in [3.63, 3.8) is 0 Å². The molecule has 0 spiro atoms. The summed E-state index contributed by atoms with van der Waals surface area (Å²) in [5.74, 6) is -1.18. The highest BCUT2D eigenvalue weighted by Gasteiger charge is 2.37. The molecule has 1 heterocycles. The van der Waals surface area contributed by atoms with Crippen LogP contribution in [-0.2, 0) is 24.4 Å². The van der Waals surface area contributed by atoms with Crippen LogP contribution >= 0.6 is 0 Å². The quantitative estimate of drug-likeness (QED) is 0.898. The predicted octanol–water partition coefficient (Wildman–Crippen LogP) is 2.22. The molecule has 0 saturated heterocycles. The number of aryl methyl sites for hydroxylation is 1. The fourth-order valence-electron chi connectivity index (χ4n) is 1.95. The van der Waals surface area contributed by atoms with Crippen molar-refractivity contribution in [3.05, 3.63) is 29.5 Å². The Kier molecular flexibility index (Phi) is 2.76. The van der Waals surface area contributed by atoms with Crippen LogP contribution in [0.4, 0.5) is 13.2 Å². The van der Waals surface area contributed by atoms with E-state index in [-0.39, 0.29) is 16.5 Å². The van der Waals surface area contributed by atoms with E-state index < -0.39 is 24.3 Å². The summed E-state index contributed by atoms with van der Waals surface area (Å²) >= 11 is 0. The molecular weight excluding hydrogens is 249 g/mol. The lowest BCUT2D eigenvalue weighted by Crippen LogP contribution is -2.13. The van der Waals surface area contributed by atoms with Gasteiger partial charge in [-0.3, -0.25) is 9.48 Å². The number of halogens is 3. The molecule has 0 fully saturated rings. The van der Waals surface area contributed by atoms with Gasteiger partial charge < -0.3 is 5.11 Å². The fourth-order valence-corrected chi connectivity index (χ4v) is 1.95. The van der Waals surface area contributed by atoms with Crippen molar-refractivity contribution in [2.75, 3.05) is 0 Å². The number of fused-ring (bicyclic) bond motifs is 1. The molecule has 4 nitrogen and oxygen atoms in total.